The van der Waals surface area contributed by atoms with Crippen molar-refractivity contribution >= 4 is 29.4 Å². The van der Waals surface area contributed by atoms with Gasteiger partial charge in [0.2, 0.25) is 12.2 Å². The normalized spacial score (nSPS) is 31.6. The summed E-state index contributed by atoms with van der Waals surface area (Å²) in [5.74, 6) is -2.70. The number of anilines is 1. The maximum absolute atomic E-state index is 14.5. The molecule has 1 spiro atoms. The van der Waals surface area contributed by atoms with Gasteiger partial charge in [-0.3, -0.25) is 30.8 Å². The molecule has 59 heavy (non-hydrogen) atoms. The number of amides is 1. The smallest absolute Gasteiger partial charge is 0.242 e. The number of aldehydes is 1. The number of hydrogen-bond acceptors (Lipinski definition) is 16. The molecule has 1 amide bonds. The summed E-state index contributed by atoms with van der Waals surface area (Å²) >= 11 is 0. The molecule has 2 bridgehead atoms. The van der Waals surface area contributed by atoms with Crippen molar-refractivity contribution in [3.8, 4) is 11.5 Å². The molecule has 17 nitrogen and oxygen atoms in total. The summed E-state index contributed by atoms with van der Waals surface area (Å²) in [6, 6.07) is 14.6. The van der Waals surface area contributed by atoms with E-state index in [4.69, 9.17) is 24.7 Å². The Bertz CT molecular complexity index is 2210. The van der Waals surface area contributed by atoms with Crippen molar-refractivity contribution in [2.75, 3.05) is 18.2 Å². The maximum Gasteiger partial charge on any atom is 0.242 e. The molecule has 0 aromatic heterocycles. The van der Waals surface area contributed by atoms with Crippen molar-refractivity contribution in [3.63, 3.8) is 0 Å². The van der Waals surface area contributed by atoms with Crippen LogP contribution in [0.1, 0.15) is 81.0 Å². The number of aliphatic hydroxyl groups is 4. The average Bonchev–Trinajstić information content (AvgIpc) is 3.89. The Kier molecular flexibility index (Phi) is 10.3. The van der Waals surface area contributed by atoms with Crippen LogP contribution in [0, 0.1) is 0 Å². The van der Waals surface area contributed by atoms with E-state index in [9.17, 15) is 39.6 Å². The fourth-order valence-electron chi connectivity index (χ4n) is 9.36. The third kappa shape index (κ3) is 6.58. The van der Waals surface area contributed by atoms with Crippen LogP contribution in [0.3, 0.4) is 0 Å². The second-order valence-electron chi connectivity index (χ2n) is 15.8. The molecule has 9 rings (SSSR count). The molecule has 3 aromatic rings. The highest BCUT2D eigenvalue weighted by molar-refractivity contribution is 6.29. The van der Waals surface area contributed by atoms with Gasteiger partial charge in [0.25, 0.3) is 0 Å². The lowest BCUT2D eigenvalue weighted by Gasteiger charge is -2.47. The number of para-hydroxylation sites is 1. The summed E-state index contributed by atoms with van der Waals surface area (Å²) in [6.45, 7) is -0.276. The lowest BCUT2D eigenvalue weighted by atomic mass is 9.79. The molecule has 4 heterocycles. The van der Waals surface area contributed by atoms with E-state index in [1.165, 1.54) is 18.4 Å². The number of hydrogen-bond donors (Lipinski definition) is 8. The molecule has 0 unspecified atom stereocenters. The zero-order valence-corrected chi connectivity index (χ0v) is 31.7. The average molecular weight is 812 g/mol. The standard InChI is InChI=1S/C42H45N5O12/c43-41-45-38-29(39(55)46-41)44-19-47(38)27-10-4-3-7-22(27)21-12-16-57-42(13-5-6-14-42)37-33(53)32(52)34(54)40(59-37)58-35-25(21)17-26-28(36(35)56-18-20(49)11-15-48)31(51)24-9-2-1-8-23(24)30(26)50/h1-4,7-10,12,15-17,20-21,29,32-34,37-38,40-41,44-45,49,52-54H,5-6,11,13-14,18-19,43H2,(H,46,55)/b16-12+/t20-,21+,29+,32-,33-,34+,37-,38+,40+,41+/m1/s1. The predicted molar refractivity (Wildman–Crippen MR) is 206 cm³/mol. The third-order valence-corrected chi connectivity index (χ3v) is 12.3. The summed E-state index contributed by atoms with van der Waals surface area (Å²) in [4.78, 5) is 55.4. The van der Waals surface area contributed by atoms with Crippen LogP contribution in [-0.2, 0) is 19.1 Å². The van der Waals surface area contributed by atoms with Gasteiger partial charge in [-0.2, -0.15) is 0 Å². The molecule has 17 heteroatoms. The monoisotopic (exact) mass is 811 g/mol. The molecule has 4 aliphatic heterocycles. The molecule has 0 radical (unpaired) electrons. The van der Waals surface area contributed by atoms with Crippen LogP contribution in [-0.4, -0.2) is 118 Å². The van der Waals surface area contributed by atoms with E-state index < -0.39 is 85.0 Å². The molecular formula is C42H45N5O12. The Hall–Kier alpha value is -5.24. The van der Waals surface area contributed by atoms with E-state index >= 15 is 0 Å². The fourth-order valence-corrected chi connectivity index (χ4v) is 9.36. The highest BCUT2D eigenvalue weighted by Gasteiger charge is 2.56. The van der Waals surface area contributed by atoms with Gasteiger partial charge < -0.3 is 54.4 Å². The van der Waals surface area contributed by atoms with Gasteiger partial charge in [-0.25, -0.2) is 0 Å². The molecule has 3 saturated heterocycles. The first-order valence-electron chi connectivity index (χ1n) is 19.8. The summed E-state index contributed by atoms with van der Waals surface area (Å²) in [5.41, 5.74) is 6.56. The van der Waals surface area contributed by atoms with Crippen molar-refractivity contribution in [3.05, 3.63) is 100 Å². The molecule has 310 valence electrons. The van der Waals surface area contributed by atoms with Crippen LogP contribution < -0.4 is 36.1 Å². The van der Waals surface area contributed by atoms with E-state index in [2.05, 4.69) is 16.0 Å². The van der Waals surface area contributed by atoms with E-state index in [0.717, 1.165) is 12.8 Å². The third-order valence-electron chi connectivity index (χ3n) is 12.3. The first-order chi connectivity index (χ1) is 28.5. The second-order valence-corrected chi connectivity index (χ2v) is 15.8. The number of carbonyl (C=O) groups excluding carboxylic acids is 4. The lowest BCUT2D eigenvalue weighted by molar-refractivity contribution is -0.304. The van der Waals surface area contributed by atoms with Gasteiger partial charge in [0.1, 0.15) is 61.4 Å². The maximum atomic E-state index is 14.5. The summed E-state index contributed by atoms with van der Waals surface area (Å²) < 4.78 is 25.9. The van der Waals surface area contributed by atoms with Crippen LogP contribution in [0.2, 0.25) is 0 Å². The van der Waals surface area contributed by atoms with Crippen LogP contribution in [0.5, 0.6) is 11.5 Å². The van der Waals surface area contributed by atoms with Gasteiger partial charge in [0, 0.05) is 40.3 Å². The van der Waals surface area contributed by atoms with Crippen molar-refractivity contribution < 1.29 is 58.6 Å². The number of nitrogens with one attached hydrogen (secondary N) is 3. The number of carbonyl (C=O) groups is 4. The quantitative estimate of drug-likeness (QED) is 0.114. The fraction of sp³-hybridized carbons (Fsp3) is 0.429. The second kappa shape index (κ2) is 15.4. The molecule has 2 aliphatic carbocycles. The zero-order valence-electron chi connectivity index (χ0n) is 31.7. The minimum atomic E-state index is -1.82. The molecule has 9 N–H and O–H groups in total. The number of ether oxygens (including phenoxy) is 4. The van der Waals surface area contributed by atoms with Crippen molar-refractivity contribution in [2.24, 2.45) is 5.73 Å². The lowest BCUT2D eigenvalue weighted by Crippen LogP contribution is -2.70. The summed E-state index contributed by atoms with van der Waals surface area (Å²) in [6.07, 6.45) is -4.96. The number of nitrogens with zero attached hydrogens (tertiary/aromatic N) is 1. The summed E-state index contributed by atoms with van der Waals surface area (Å²) in [7, 11) is 0. The number of ketones is 2. The molecule has 10 atom stereocenters. The van der Waals surface area contributed by atoms with E-state index in [1.807, 2.05) is 29.2 Å². The van der Waals surface area contributed by atoms with Gasteiger partial charge in [0.05, 0.1) is 24.6 Å². The Morgan fingerprint density at radius 2 is 1.68 bits per heavy atom. The Labute approximate surface area is 338 Å². The van der Waals surface area contributed by atoms with E-state index in [0.29, 0.717) is 30.4 Å². The molecule has 6 aliphatic rings. The Balaban J connectivity index is 1.29. The first-order valence-corrected chi connectivity index (χ1v) is 19.8. The minimum Gasteiger partial charge on any atom is -0.492 e. The highest BCUT2D eigenvalue weighted by Crippen LogP contribution is 2.50. The van der Waals surface area contributed by atoms with Crippen molar-refractivity contribution in [1.29, 1.82) is 0 Å². The minimum absolute atomic E-state index is 0.0344. The number of aliphatic hydroxyl groups excluding tert-OH is 4. The van der Waals surface area contributed by atoms with Crippen LogP contribution in [0.15, 0.2) is 66.9 Å². The topological polar surface area (TPSA) is 251 Å². The van der Waals surface area contributed by atoms with Gasteiger partial charge in [-0.1, -0.05) is 42.5 Å². The van der Waals surface area contributed by atoms with Crippen molar-refractivity contribution in [1.82, 2.24) is 16.0 Å². The molecule has 3 aromatic carbocycles. The Morgan fingerprint density at radius 1 is 0.949 bits per heavy atom. The van der Waals surface area contributed by atoms with E-state index in [1.54, 1.807) is 24.3 Å². The molecule has 4 fully saturated rings. The largest absolute Gasteiger partial charge is 0.492 e. The Morgan fingerprint density at radius 3 is 2.44 bits per heavy atom. The van der Waals surface area contributed by atoms with Gasteiger partial charge in [-0.15, -0.1) is 0 Å². The number of fused-ring (bicyclic) bond motifs is 7. The van der Waals surface area contributed by atoms with Gasteiger partial charge in [0.15, 0.2) is 23.1 Å². The number of nitrogens with two attached hydrogens (primary N) is 1. The van der Waals surface area contributed by atoms with Crippen LogP contribution >= 0.6 is 0 Å². The zero-order chi connectivity index (χ0) is 41.2. The van der Waals surface area contributed by atoms with E-state index in [-0.39, 0.29) is 58.3 Å². The number of allylic oxidation sites excluding steroid dienone is 1. The van der Waals surface area contributed by atoms with Crippen molar-refractivity contribution in [2.45, 2.75) is 98.9 Å². The SMILES string of the molecule is N[C@@H]1NC(=O)[C@H]2NCN(c3ccccc3[C@@H]3/C=C/OC4(CCCC4)[C@@H]4O[C@H](Oc5c3cc3c(c5OC[C@H](O)CC=O)C(=O)c5ccccc5C3=O)[C@@H](O)[C@H](O)[C@H]4O)[C@@H]2N1. The molecule has 1 saturated carbocycles. The van der Waals surface area contributed by atoms with Crippen LogP contribution in [0.4, 0.5) is 5.69 Å². The van der Waals surface area contributed by atoms with Gasteiger partial charge in [-0.05, 0) is 49.5 Å². The number of rotatable bonds is 7. The number of benzene rings is 3. The predicted octanol–water partition coefficient (Wildman–Crippen LogP) is -0.0108. The first kappa shape index (κ1) is 39.2. The summed E-state index contributed by atoms with van der Waals surface area (Å²) in [5, 5.41) is 54.1. The highest BCUT2D eigenvalue weighted by atomic mass is 16.7. The van der Waals surface area contributed by atoms with Crippen LogP contribution in [0.25, 0.3) is 0 Å². The molecular weight excluding hydrogens is 766 g/mol. The van der Waals surface area contributed by atoms with Gasteiger partial charge >= 0.3 is 0 Å².